The number of likely N-dealkylation sites (tertiary alicyclic amines) is 1. The van der Waals surface area contributed by atoms with Crippen LogP contribution in [-0.4, -0.2) is 79.4 Å². The van der Waals surface area contributed by atoms with Gasteiger partial charge in [-0.3, -0.25) is 14.9 Å². The van der Waals surface area contributed by atoms with E-state index in [1.54, 1.807) is 11.1 Å². The van der Waals surface area contributed by atoms with Crippen LogP contribution in [0.1, 0.15) is 76.8 Å². The summed E-state index contributed by atoms with van der Waals surface area (Å²) in [5.41, 5.74) is 0.919. The highest BCUT2D eigenvalue weighted by Crippen LogP contribution is 2.53. The van der Waals surface area contributed by atoms with Gasteiger partial charge in [0.2, 0.25) is 0 Å². The van der Waals surface area contributed by atoms with Crippen LogP contribution in [0.25, 0.3) is 0 Å². The van der Waals surface area contributed by atoms with Crippen molar-refractivity contribution < 1.29 is 17.9 Å². The lowest BCUT2D eigenvalue weighted by molar-refractivity contribution is 0.127. The minimum Gasteiger partial charge on any atom is -0.493 e. The topological polar surface area (TPSA) is 104 Å². The van der Waals surface area contributed by atoms with Gasteiger partial charge in [0.15, 0.2) is 0 Å². The van der Waals surface area contributed by atoms with Gasteiger partial charge in [0.25, 0.3) is 0 Å². The molecule has 2 aromatic carbocycles. The van der Waals surface area contributed by atoms with Crippen LogP contribution < -0.4 is 10.1 Å². The van der Waals surface area contributed by atoms with Crippen LogP contribution in [0.4, 0.5) is 4.79 Å². The van der Waals surface area contributed by atoms with E-state index in [-0.39, 0.29) is 23.2 Å². The highest BCUT2D eigenvalue weighted by molar-refractivity contribution is 7.90. The molecule has 2 amide bonds. The van der Waals surface area contributed by atoms with Gasteiger partial charge in [0, 0.05) is 65.3 Å². The molecule has 49 heavy (non-hydrogen) atoms. The number of pyridine rings is 1. The van der Waals surface area contributed by atoms with E-state index < -0.39 is 20.9 Å². The summed E-state index contributed by atoms with van der Waals surface area (Å²) in [6.07, 6.45) is 4.40. The highest BCUT2D eigenvalue weighted by atomic mass is 35.5. The van der Waals surface area contributed by atoms with Crippen molar-refractivity contribution >= 4 is 44.9 Å². The number of aromatic nitrogens is 1. The van der Waals surface area contributed by atoms with Gasteiger partial charge >= 0.3 is 6.03 Å². The summed E-state index contributed by atoms with van der Waals surface area (Å²) in [7, 11) is -3.06. The number of aliphatic imine (C=N–C) groups is 1. The number of carbonyl (C=O) groups is 1. The lowest BCUT2D eigenvalue weighted by Gasteiger charge is -2.46. The van der Waals surface area contributed by atoms with Crippen LogP contribution >= 0.6 is 23.2 Å². The molecule has 0 saturated carbocycles. The number of nitrogens with one attached hydrogen (secondary N) is 1. The molecule has 0 aliphatic carbocycles. The minimum absolute atomic E-state index is 0.116. The maximum absolute atomic E-state index is 14.9. The van der Waals surface area contributed by atoms with Gasteiger partial charge in [-0.05, 0) is 69.0 Å². The monoisotopic (exact) mass is 727 g/mol. The molecule has 0 spiro atoms. The zero-order valence-corrected chi connectivity index (χ0v) is 31.7. The quantitative estimate of drug-likeness (QED) is 0.250. The van der Waals surface area contributed by atoms with Crippen LogP contribution in [0.2, 0.25) is 10.0 Å². The summed E-state index contributed by atoms with van der Waals surface area (Å²) in [4.78, 5) is 29.1. The third kappa shape index (κ3) is 7.77. The Labute approximate surface area is 301 Å². The molecule has 2 atom stereocenters. The number of sulfone groups is 1. The third-order valence-corrected chi connectivity index (χ3v) is 11.2. The second-order valence-corrected chi connectivity index (χ2v) is 17.5. The van der Waals surface area contributed by atoms with Crippen LogP contribution in [0, 0.1) is 0 Å². The van der Waals surface area contributed by atoms with E-state index in [0.717, 1.165) is 16.8 Å². The standard InChI is InChI=1S/C37H47Cl2N5O4S/c1-8-48-31-23-32(35(2,3)4)40-24-30(31)33-42-36(5,25-9-13-27(38)14-10-25)37(6,26-11-15-28(39)16-12-26)44(33)34(45)41-29-17-19-43(20-18-29)21-22-49(7,46)47/h9-16,23-24,29H,8,17-22H2,1-7H3,(H,41,45)/t36-,37+/m0/s1. The molecule has 0 radical (unpaired) electrons. The molecular weight excluding hydrogens is 681 g/mol. The fourth-order valence-electron chi connectivity index (χ4n) is 6.71. The fraction of sp³-hybridized carbons (Fsp3) is 0.486. The third-order valence-electron chi connectivity index (χ3n) is 9.82. The summed E-state index contributed by atoms with van der Waals surface area (Å²) < 4.78 is 29.7. The Morgan fingerprint density at radius 1 is 1.00 bits per heavy atom. The predicted octanol–water partition coefficient (Wildman–Crippen LogP) is 7.20. The SMILES string of the molecule is CCOc1cc(C(C)(C)C)ncc1C1=N[C@@](C)(c2ccc(Cl)cc2)[C@@](C)(c2ccc(Cl)cc2)N1C(=O)NC1CCN(CCS(C)(=O)=O)CC1. The first-order valence-corrected chi connectivity index (χ1v) is 19.5. The first kappa shape index (κ1) is 37.1. The largest absolute Gasteiger partial charge is 0.493 e. The number of amides is 2. The van der Waals surface area contributed by atoms with Crippen molar-refractivity contribution in [3.8, 4) is 5.75 Å². The van der Waals surface area contributed by atoms with Crippen molar-refractivity contribution in [1.29, 1.82) is 0 Å². The van der Waals surface area contributed by atoms with E-state index >= 15 is 0 Å². The van der Waals surface area contributed by atoms with Crippen molar-refractivity contribution in [2.45, 2.75) is 76.9 Å². The number of ether oxygens (including phenoxy) is 1. The number of hydrogen-bond acceptors (Lipinski definition) is 7. The predicted molar refractivity (Wildman–Crippen MR) is 198 cm³/mol. The molecule has 9 nitrogen and oxygen atoms in total. The van der Waals surface area contributed by atoms with Crippen LogP contribution in [-0.2, 0) is 26.3 Å². The summed E-state index contributed by atoms with van der Waals surface area (Å²) >= 11 is 12.7. The van der Waals surface area contributed by atoms with Gasteiger partial charge in [0.1, 0.15) is 32.5 Å². The van der Waals surface area contributed by atoms with Gasteiger partial charge < -0.3 is 15.0 Å². The van der Waals surface area contributed by atoms with Gasteiger partial charge in [-0.2, -0.15) is 0 Å². The summed E-state index contributed by atoms with van der Waals surface area (Å²) in [6, 6.07) is 16.7. The molecule has 3 heterocycles. The molecule has 12 heteroatoms. The molecule has 1 fully saturated rings. The first-order chi connectivity index (χ1) is 23.0. The van der Waals surface area contributed by atoms with E-state index in [9.17, 15) is 13.2 Å². The molecule has 2 aliphatic heterocycles. The molecule has 5 rings (SSSR count). The lowest BCUT2D eigenvalue weighted by Crippen LogP contribution is -2.59. The van der Waals surface area contributed by atoms with Crippen molar-refractivity contribution in [2.75, 3.05) is 38.2 Å². The molecule has 0 unspecified atom stereocenters. The smallest absolute Gasteiger partial charge is 0.324 e. The van der Waals surface area contributed by atoms with Crippen molar-refractivity contribution in [2.24, 2.45) is 4.99 Å². The Bertz CT molecular complexity index is 1800. The molecule has 1 aromatic heterocycles. The summed E-state index contributed by atoms with van der Waals surface area (Å²) in [6.45, 7) is 14.6. The highest BCUT2D eigenvalue weighted by Gasteiger charge is 2.60. The Morgan fingerprint density at radius 2 is 1.57 bits per heavy atom. The number of benzene rings is 2. The zero-order valence-electron chi connectivity index (χ0n) is 29.4. The molecule has 1 N–H and O–H groups in total. The number of rotatable bonds is 9. The van der Waals surface area contributed by atoms with Crippen molar-refractivity contribution in [3.05, 3.63) is 93.2 Å². The molecular formula is C37H47Cl2N5O4S. The number of hydrogen-bond donors (Lipinski definition) is 1. The van der Waals surface area contributed by atoms with E-state index in [4.69, 9.17) is 37.9 Å². The van der Waals surface area contributed by atoms with Gasteiger partial charge in [-0.15, -0.1) is 0 Å². The molecule has 2 aliphatic rings. The summed E-state index contributed by atoms with van der Waals surface area (Å²) in [5, 5.41) is 4.51. The Kier molecular flexibility index (Phi) is 10.8. The zero-order chi connectivity index (χ0) is 35.8. The second kappa shape index (κ2) is 14.2. The number of halogens is 2. The lowest BCUT2D eigenvalue weighted by atomic mass is 9.71. The number of nitrogens with zero attached hydrogens (tertiary/aromatic N) is 4. The van der Waals surface area contributed by atoms with Crippen molar-refractivity contribution in [1.82, 2.24) is 20.1 Å². The molecule has 3 aromatic rings. The number of urea groups is 1. The minimum atomic E-state index is -3.06. The average Bonchev–Trinajstić information content (AvgIpc) is 3.28. The molecule has 0 bridgehead atoms. The maximum atomic E-state index is 14.9. The Morgan fingerprint density at radius 3 is 2.10 bits per heavy atom. The van der Waals surface area contributed by atoms with E-state index in [0.29, 0.717) is 66.3 Å². The van der Waals surface area contributed by atoms with Crippen LogP contribution in [0.3, 0.4) is 0 Å². The average molecular weight is 729 g/mol. The van der Waals surface area contributed by atoms with E-state index in [2.05, 4.69) is 31.0 Å². The number of carbonyl (C=O) groups excluding carboxylic acids is 1. The first-order valence-electron chi connectivity index (χ1n) is 16.7. The Hall–Kier alpha value is -3.18. The van der Waals surface area contributed by atoms with Crippen LogP contribution in [0.15, 0.2) is 65.8 Å². The normalized spacial score (nSPS) is 22.2. The van der Waals surface area contributed by atoms with E-state index in [1.807, 2.05) is 75.4 Å². The number of amidine groups is 1. The van der Waals surface area contributed by atoms with Gasteiger partial charge in [-0.1, -0.05) is 68.2 Å². The van der Waals surface area contributed by atoms with Crippen LogP contribution in [0.5, 0.6) is 5.75 Å². The molecule has 1 saturated heterocycles. The second-order valence-electron chi connectivity index (χ2n) is 14.4. The van der Waals surface area contributed by atoms with E-state index in [1.165, 1.54) is 6.26 Å². The fourth-order valence-corrected chi connectivity index (χ4v) is 7.55. The van der Waals surface area contributed by atoms with Gasteiger partial charge in [-0.25, -0.2) is 13.2 Å². The Balaban J connectivity index is 1.63. The van der Waals surface area contributed by atoms with Gasteiger partial charge in [0.05, 0.1) is 17.9 Å². The number of piperidine rings is 1. The maximum Gasteiger partial charge on any atom is 0.324 e. The summed E-state index contributed by atoms with van der Waals surface area (Å²) in [5.74, 6) is 1.15. The van der Waals surface area contributed by atoms with Crippen molar-refractivity contribution in [3.63, 3.8) is 0 Å². The molecule has 264 valence electrons.